The molecule has 0 radical (unpaired) electrons. The van der Waals surface area contributed by atoms with E-state index in [4.69, 9.17) is 5.73 Å². The van der Waals surface area contributed by atoms with E-state index in [9.17, 15) is 22.0 Å². The minimum absolute atomic E-state index is 0.0400. The molecule has 0 aliphatic rings. The lowest BCUT2D eigenvalue weighted by molar-refractivity contribution is -0.136. The van der Waals surface area contributed by atoms with Crippen molar-refractivity contribution in [2.75, 3.05) is 17.6 Å². The van der Waals surface area contributed by atoms with E-state index in [0.29, 0.717) is 6.07 Å². The van der Waals surface area contributed by atoms with Crippen molar-refractivity contribution in [1.82, 2.24) is 0 Å². The quantitative estimate of drug-likeness (QED) is 0.629. The van der Waals surface area contributed by atoms with Crippen molar-refractivity contribution in [3.05, 3.63) is 23.8 Å². The van der Waals surface area contributed by atoms with Crippen molar-refractivity contribution in [3.63, 3.8) is 0 Å². The van der Waals surface area contributed by atoms with Gasteiger partial charge in [-0.25, -0.2) is 8.78 Å². The topological polar surface area (TPSA) is 38.0 Å². The standard InChI is InChI=1S/C9H9F5N2/c10-8(11)4-16-5-1-2-7(15)6(3-5)9(12,13)14/h1-3,8,16H,4,15H2. The SMILES string of the molecule is Nc1ccc(NCC(F)F)cc1C(F)(F)F. The summed E-state index contributed by atoms with van der Waals surface area (Å²) in [6, 6.07) is 2.95. The first-order valence-electron chi connectivity index (χ1n) is 4.29. The van der Waals surface area contributed by atoms with Crippen LogP contribution in [0.25, 0.3) is 0 Å². The third-order valence-electron chi connectivity index (χ3n) is 1.82. The van der Waals surface area contributed by atoms with Crippen LogP contribution in [0, 0.1) is 0 Å². The van der Waals surface area contributed by atoms with Gasteiger partial charge in [0.1, 0.15) is 0 Å². The summed E-state index contributed by atoms with van der Waals surface area (Å²) in [6.07, 6.45) is -7.22. The Labute approximate surface area is 88.2 Å². The summed E-state index contributed by atoms with van der Waals surface area (Å²) < 4.78 is 60.8. The molecule has 90 valence electrons. The van der Waals surface area contributed by atoms with Crippen LogP contribution >= 0.6 is 0 Å². The van der Waals surface area contributed by atoms with Gasteiger partial charge in [0, 0.05) is 11.4 Å². The van der Waals surface area contributed by atoms with Crippen molar-refractivity contribution in [2.45, 2.75) is 12.6 Å². The van der Waals surface area contributed by atoms with Crippen LogP contribution in [0.1, 0.15) is 5.56 Å². The molecule has 1 aromatic carbocycles. The van der Waals surface area contributed by atoms with Crippen LogP contribution < -0.4 is 11.1 Å². The van der Waals surface area contributed by atoms with Crippen LogP contribution in [0.15, 0.2) is 18.2 Å². The fraction of sp³-hybridized carbons (Fsp3) is 0.333. The molecule has 0 spiro atoms. The molecule has 0 fully saturated rings. The third-order valence-corrected chi connectivity index (χ3v) is 1.82. The highest BCUT2D eigenvalue weighted by atomic mass is 19.4. The van der Waals surface area contributed by atoms with E-state index < -0.39 is 30.4 Å². The molecule has 0 saturated carbocycles. The average Bonchev–Trinajstić information content (AvgIpc) is 2.14. The Morgan fingerprint density at radius 2 is 1.88 bits per heavy atom. The molecule has 0 aliphatic heterocycles. The fourth-order valence-corrected chi connectivity index (χ4v) is 1.11. The van der Waals surface area contributed by atoms with E-state index in [-0.39, 0.29) is 5.69 Å². The summed E-state index contributed by atoms with van der Waals surface area (Å²) in [6.45, 7) is -0.707. The van der Waals surface area contributed by atoms with Crippen LogP contribution in [0.5, 0.6) is 0 Å². The number of halogens is 5. The molecule has 0 unspecified atom stereocenters. The molecule has 3 N–H and O–H groups in total. The lowest BCUT2D eigenvalue weighted by atomic mass is 10.1. The smallest absolute Gasteiger partial charge is 0.398 e. The van der Waals surface area contributed by atoms with Gasteiger partial charge < -0.3 is 11.1 Å². The maximum atomic E-state index is 12.4. The Balaban J connectivity index is 2.90. The number of nitrogens with two attached hydrogens (primary N) is 1. The van der Waals surface area contributed by atoms with Gasteiger partial charge in [-0.2, -0.15) is 13.2 Å². The number of anilines is 2. The highest BCUT2D eigenvalue weighted by Crippen LogP contribution is 2.35. The first-order valence-corrected chi connectivity index (χ1v) is 4.29. The normalized spacial score (nSPS) is 11.9. The predicted molar refractivity (Wildman–Crippen MR) is 50.4 cm³/mol. The number of nitrogens with one attached hydrogen (secondary N) is 1. The molecule has 0 heterocycles. The molecule has 1 rings (SSSR count). The lowest BCUT2D eigenvalue weighted by Crippen LogP contribution is -2.13. The molecule has 7 heteroatoms. The molecule has 0 atom stereocenters. The highest BCUT2D eigenvalue weighted by molar-refractivity contribution is 5.58. The maximum absolute atomic E-state index is 12.4. The van der Waals surface area contributed by atoms with E-state index in [0.717, 1.165) is 6.07 Å². The zero-order valence-electron chi connectivity index (χ0n) is 7.98. The Bertz CT molecular complexity index is 361. The number of rotatable bonds is 3. The molecule has 0 aliphatic carbocycles. The summed E-state index contributed by atoms with van der Waals surface area (Å²) in [4.78, 5) is 0. The van der Waals surface area contributed by atoms with Gasteiger partial charge in [-0.3, -0.25) is 0 Å². The summed E-state index contributed by atoms with van der Waals surface area (Å²) in [5.41, 5.74) is 3.63. The number of hydrogen-bond acceptors (Lipinski definition) is 2. The molecule has 0 amide bonds. The monoisotopic (exact) mass is 240 g/mol. The lowest BCUT2D eigenvalue weighted by Gasteiger charge is -2.12. The van der Waals surface area contributed by atoms with Crippen LogP contribution in [-0.2, 0) is 6.18 Å². The largest absolute Gasteiger partial charge is 0.418 e. The molecule has 0 aromatic heterocycles. The van der Waals surface area contributed by atoms with E-state index in [1.807, 2.05) is 0 Å². The number of hydrogen-bond donors (Lipinski definition) is 2. The van der Waals surface area contributed by atoms with Crippen LogP contribution in [0.2, 0.25) is 0 Å². The van der Waals surface area contributed by atoms with Crippen LogP contribution in [0.3, 0.4) is 0 Å². The van der Waals surface area contributed by atoms with Gasteiger partial charge in [-0.05, 0) is 18.2 Å². The zero-order valence-corrected chi connectivity index (χ0v) is 7.98. The van der Waals surface area contributed by atoms with Gasteiger partial charge in [-0.1, -0.05) is 0 Å². The van der Waals surface area contributed by atoms with Crippen molar-refractivity contribution in [3.8, 4) is 0 Å². The predicted octanol–water partition coefficient (Wildman–Crippen LogP) is 2.96. The maximum Gasteiger partial charge on any atom is 0.418 e. The molecule has 0 bridgehead atoms. The number of nitrogen functional groups attached to an aromatic ring is 1. The van der Waals surface area contributed by atoms with Gasteiger partial charge in [0.25, 0.3) is 6.43 Å². The van der Waals surface area contributed by atoms with Gasteiger partial charge >= 0.3 is 6.18 Å². The minimum Gasteiger partial charge on any atom is -0.398 e. The van der Waals surface area contributed by atoms with Crippen LogP contribution in [-0.4, -0.2) is 13.0 Å². The van der Waals surface area contributed by atoms with E-state index in [1.165, 1.54) is 6.07 Å². The van der Waals surface area contributed by atoms with E-state index in [2.05, 4.69) is 5.32 Å². The Morgan fingerprint density at radius 3 is 2.38 bits per heavy atom. The first kappa shape index (κ1) is 12.5. The molecule has 0 saturated heterocycles. The van der Waals surface area contributed by atoms with Gasteiger partial charge in [0.05, 0.1) is 12.1 Å². The summed E-state index contributed by atoms with van der Waals surface area (Å²) in [5.74, 6) is 0. The van der Waals surface area contributed by atoms with Gasteiger partial charge in [-0.15, -0.1) is 0 Å². The Kier molecular flexibility index (Phi) is 3.56. The zero-order chi connectivity index (χ0) is 12.3. The summed E-state index contributed by atoms with van der Waals surface area (Å²) >= 11 is 0. The van der Waals surface area contributed by atoms with Crippen LogP contribution in [0.4, 0.5) is 33.3 Å². The van der Waals surface area contributed by atoms with Crippen molar-refractivity contribution >= 4 is 11.4 Å². The molecular formula is C9H9F5N2. The van der Waals surface area contributed by atoms with Gasteiger partial charge in [0.15, 0.2) is 0 Å². The Morgan fingerprint density at radius 1 is 1.25 bits per heavy atom. The van der Waals surface area contributed by atoms with E-state index >= 15 is 0 Å². The highest BCUT2D eigenvalue weighted by Gasteiger charge is 2.33. The fourth-order valence-electron chi connectivity index (χ4n) is 1.11. The second-order valence-corrected chi connectivity index (χ2v) is 3.07. The molecule has 1 aromatic rings. The second-order valence-electron chi connectivity index (χ2n) is 3.07. The molecule has 2 nitrogen and oxygen atoms in total. The summed E-state index contributed by atoms with van der Waals surface area (Å²) in [7, 11) is 0. The first-order chi connectivity index (χ1) is 7.30. The van der Waals surface area contributed by atoms with E-state index in [1.54, 1.807) is 0 Å². The van der Waals surface area contributed by atoms with Gasteiger partial charge in [0.2, 0.25) is 0 Å². The third kappa shape index (κ3) is 3.25. The Hall–Kier alpha value is -1.53. The minimum atomic E-state index is -4.59. The number of benzene rings is 1. The molecular weight excluding hydrogens is 231 g/mol. The second kappa shape index (κ2) is 4.54. The number of alkyl halides is 5. The van der Waals surface area contributed by atoms with Crippen molar-refractivity contribution in [2.24, 2.45) is 0 Å². The average molecular weight is 240 g/mol. The molecule has 16 heavy (non-hydrogen) atoms. The summed E-state index contributed by atoms with van der Waals surface area (Å²) in [5, 5.41) is 2.18. The van der Waals surface area contributed by atoms with Crippen molar-refractivity contribution in [1.29, 1.82) is 0 Å². The van der Waals surface area contributed by atoms with Crippen molar-refractivity contribution < 1.29 is 22.0 Å².